The van der Waals surface area contributed by atoms with Crippen LogP contribution in [-0.2, 0) is 4.79 Å². The Bertz CT molecular complexity index is 515. The first kappa shape index (κ1) is 20.8. The Morgan fingerprint density at radius 1 is 1.00 bits per heavy atom. The molecular formula is C23H37NO2. The second-order valence-electron chi connectivity index (χ2n) is 8.04. The van der Waals surface area contributed by atoms with E-state index in [0.29, 0.717) is 12.0 Å². The summed E-state index contributed by atoms with van der Waals surface area (Å²) in [6.45, 7) is 4.43. The molecule has 3 heteroatoms. The molecule has 1 N–H and O–H groups in total. The van der Waals surface area contributed by atoms with Gasteiger partial charge in [0.15, 0.2) is 6.61 Å². The van der Waals surface area contributed by atoms with E-state index in [4.69, 9.17) is 4.74 Å². The Morgan fingerprint density at radius 3 is 2.15 bits per heavy atom. The first-order valence-electron chi connectivity index (χ1n) is 10.7. The number of hydrogen-bond acceptors (Lipinski definition) is 2. The normalized spacial score (nSPS) is 18.0. The predicted molar refractivity (Wildman–Crippen MR) is 109 cm³/mol. The molecule has 0 atom stereocenters. The molecular weight excluding hydrogens is 322 g/mol. The van der Waals surface area contributed by atoms with Crippen LogP contribution in [0.25, 0.3) is 0 Å². The van der Waals surface area contributed by atoms with Crippen molar-refractivity contribution < 1.29 is 9.53 Å². The number of ether oxygens (including phenoxy) is 1. The van der Waals surface area contributed by atoms with E-state index in [1.165, 1.54) is 63.4 Å². The van der Waals surface area contributed by atoms with Crippen LogP contribution in [0.15, 0.2) is 24.3 Å². The van der Waals surface area contributed by atoms with Gasteiger partial charge in [0.05, 0.1) is 0 Å². The average Bonchev–Trinajstić information content (AvgIpc) is 2.62. The molecule has 1 amide bonds. The zero-order valence-corrected chi connectivity index (χ0v) is 16.8. The third-order valence-electron chi connectivity index (χ3n) is 5.36. The van der Waals surface area contributed by atoms with E-state index in [1.54, 1.807) is 0 Å². The van der Waals surface area contributed by atoms with Gasteiger partial charge in [-0.1, -0.05) is 83.8 Å². The van der Waals surface area contributed by atoms with Gasteiger partial charge in [0.1, 0.15) is 5.75 Å². The lowest BCUT2D eigenvalue weighted by atomic mass is 9.98. The van der Waals surface area contributed by atoms with Gasteiger partial charge in [0, 0.05) is 6.04 Å². The van der Waals surface area contributed by atoms with Crippen LogP contribution in [0, 0.1) is 0 Å². The van der Waals surface area contributed by atoms with Gasteiger partial charge in [-0.25, -0.2) is 0 Å². The zero-order chi connectivity index (χ0) is 18.6. The van der Waals surface area contributed by atoms with Crippen LogP contribution >= 0.6 is 0 Å². The molecule has 3 nitrogen and oxygen atoms in total. The Balaban J connectivity index is 1.77. The molecule has 1 saturated carbocycles. The molecule has 1 aromatic carbocycles. The van der Waals surface area contributed by atoms with Crippen molar-refractivity contribution in [1.82, 2.24) is 5.32 Å². The van der Waals surface area contributed by atoms with Gasteiger partial charge in [-0.3, -0.25) is 4.79 Å². The molecule has 0 radical (unpaired) electrons. The Labute approximate surface area is 159 Å². The van der Waals surface area contributed by atoms with E-state index < -0.39 is 0 Å². The van der Waals surface area contributed by atoms with Crippen LogP contribution in [0.5, 0.6) is 5.75 Å². The third-order valence-corrected chi connectivity index (χ3v) is 5.36. The van der Waals surface area contributed by atoms with E-state index in [0.717, 1.165) is 18.6 Å². The van der Waals surface area contributed by atoms with E-state index >= 15 is 0 Å². The maximum absolute atomic E-state index is 12.3. The molecule has 0 aliphatic heterocycles. The summed E-state index contributed by atoms with van der Waals surface area (Å²) in [5, 5.41) is 3.21. The number of nitrogens with one attached hydrogen (secondary N) is 1. The molecule has 0 aromatic heterocycles. The minimum Gasteiger partial charge on any atom is -0.484 e. The van der Waals surface area contributed by atoms with Crippen molar-refractivity contribution in [2.24, 2.45) is 0 Å². The molecule has 0 bridgehead atoms. The largest absolute Gasteiger partial charge is 0.484 e. The lowest BCUT2D eigenvalue weighted by Crippen LogP contribution is -2.38. The fourth-order valence-corrected chi connectivity index (χ4v) is 3.69. The number of benzene rings is 1. The molecule has 0 spiro atoms. The van der Waals surface area contributed by atoms with E-state index in [9.17, 15) is 4.79 Å². The van der Waals surface area contributed by atoms with Gasteiger partial charge in [-0.05, 0) is 36.5 Å². The maximum atomic E-state index is 12.3. The van der Waals surface area contributed by atoms with Crippen LogP contribution in [-0.4, -0.2) is 18.6 Å². The summed E-state index contributed by atoms with van der Waals surface area (Å²) in [4.78, 5) is 12.3. The van der Waals surface area contributed by atoms with Crippen molar-refractivity contribution in [3.05, 3.63) is 29.8 Å². The van der Waals surface area contributed by atoms with Gasteiger partial charge < -0.3 is 10.1 Å². The smallest absolute Gasteiger partial charge is 0.258 e. The summed E-state index contributed by atoms with van der Waals surface area (Å²) in [7, 11) is 0. The van der Waals surface area contributed by atoms with Gasteiger partial charge in [0.2, 0.25) is 0 Å². The van der Waals surface area contributed by atoms with Crippen LogP contribution in [0.4, 0.5) is 0 Å². The summed E-state index contributed by atoms with van der Waals surface area (Å²) in [5.74, 6) is 1.26. The quantitative estimate of drug-likeness (QED) is 0.702. The van der Waals surface area contributed by atoms with Crippen molar-refractivity contribution in [3.8, 4) is 5.75 Å². The van der Waals surface area contributed by atoms with Crippen molar-refractivity contribution in [1.29, 1.82) is 0 Å². The van der Waals surface area contributed by atoms with Gasteiger partial charge in [-0.2, -0.15) is 0 Å². The summed E-state index contributed by atoms with van der Waals surface area (Å²) in [6.07, 6.45) is 14.1. The number of amides is 1. The minimum absolute atomic E-state index is 0.0112. The first-order chi connectivity index (χ1) is 12.6. The van der Waals surface area contributed by atoms with E-state index in [1.807, 2.05) is 18.2 Å². The molecule has 0 unspecified atom stereocenters. The molecule has 2 rings (SSSR count). The predicted octanol–water partition coefficient (Wildman–Crippen LogP) is 5.98. The Kier molecular flexibility index (Phi) is 9.58. The van der Waals surface area contributed by atoms with Gasteiger partial charge in [-0.15, -0.1) is 0 Å². The standard InChI is InChI=1S/C23H37NO2/c1-19(2)20-13-12-16-22(17-20)26-18-23(25)24-21-14-10-8-6-4-3-5-7-9-11-15-21/h12-13,16-17,19,21H,3-11,14-15,18H2,1-2H3,(H,24,25). The maximum Gasteiger partial charge on any atom is 0.258 e. The highest BCUT2D eigenvalue weighted by atomic mass is 16.5. The van der Waals surface area contributed by atoms with Crippen LogP contribution in [0.1, 0.15) is 96.0 Å². The van der Waals surface area contributed by atoms with Crippen molar-refractivity contribution in [3.63, 3.8) is 0 Å². The fraction of sp³-hybridized carbons (Fsp3) is 0.696. The highest BCUT2D eigenvalue weighted by Crippen LogP contribution is 2.20. The number of carbonyl (C=O) groups is 1. The minimum atomic E-state index is 0.0112. The van der Waals surface area contributed by atoms with Crippen LogP contribution in [0.2, 0.25) is 0 Å². The Hall–Kier alpha value is -1.51. The van der Waals surface area contributed by atoms with E-state index in [-0.39, 0.29) is 12.5 Å². The topological polar surface area (TPSA) is 38.3 Å². The second-order valence-corrected chi connectivity index (χ2v) is 8.04. The number of carbonyl (C=O) groups excluding carboxylic acids is 1. The second kappa shape index (κ2) is 12.0. The monoisotopic (exact) mass is 359 g/mol. The lowest BCUT2D eigenvalue weighted by molar-refractivity contribution is -0.123. The number of rotatable bonds is 5. The highest BCUT2D eigenvalue weighted by molar-refractivity contribution is 5.77. The van der Waals surface area contributed by atoms with Crippen molar-refractivity contribution in [2.75, 3.05) is 6.61 Å². The summed E-state index contributed by atoms with van der Waals surface area (Å²) >= 11 is 0. The first-order valence-corrected chi connectivity index (χ1v) is 10.7. The van der Waals surface area contributed by atoms with E-state index in [2.05, 4.69) is 25.2 Å². The summed E-state index contributed by atoms with van der Waals surface area (Å²) < 4.78 is 5.73. The molecule has 1 aromatic rings. The van der Waals surface area contributed by atoms with Crippen molar-refractivity contribution in [2.45, 2.75) is 96.4 Å². The Morgan fingerprint density at radius 2 is 1.58 bits per heavy atom. The summed E-state index contributed by atoms with van der Waals surface area (Å²) in [5.41, 5.74) is 1.24. The van der Waals surface area contributed by atoms with Crippen LogP contribution < -0.4 is 10.1 Å². The molecule has 0 saturated heterocycles. The molecule has 0 heterocycles. The SMILES string of the molecule is CC(C)c1cccc(OCC(=O)NC2CCCCCCCCCCC2)c1. The fourth-order valence-electron chi connectivity index (χ4n) is 3.69. The molecule has 1 fully saturated rings. The zero-order valence-electron chi connectivity index (χ0n) is 16.8. The highest BCUT2D eigenvalue weighted by Gasteiger charge is 2.13. The molecule has 1 aliphatic rings. The molecule has 1 aliphatic carbocycles. The average molecular weight is 360 g/mol. The lowest BCUT2D eigenvalue weighted by Gasteiger charge is -2.20. The van der Waals surface area contributed by atoms with Gasteiger partial charge in [0.25, 0.3) is 5.91 Å². The van der Waals surface area contributed by atoms with Crippen molar-refractivity contribution >= 4 is 5.91 Å². The summed E-state index contributed by atoms with van der Waals surface area (Å²) in [6, 6.07) is 8.37. The number of hydrogen-bond donors (Lipinski definition) is 1. The van der Waals surface area contributed by atoms with Gasteiger partial charge >= 0.3 is 0 Å². The molecule has 146 valence electrons. The molecule has 26 heavy (non-hydrogen) atoms. The van der Waals surface area contributed by atoms with Crippen LogP contribution in [0.3, 0.4) is 0 Å². The third kappa shape index (κ3) is 8.25.